The van der Waals surface area contributed by atoms with Crippen LogP contribution >= 0.6 is 0 Å². The fourth-order valence-corrected chi connectivity index (χ4v) is 5.79. The first kappa shape index (κ1) is 17.4. The summed E-state index contributed by atoms with van der Waals surface area (Å²) in [6.45, 7) is 9.08. The van der Waals surface area contributed by atoms with E-state index >= 15 is 0 Å². The molecule has 2 heterocycles. The van der Waals surface area contributed by atoms with Crippen molar-refractivity contribution in [3.63, 3.8) is 0 Å². The van der Waals surface area contributed by atoms with Crippen molar-refractivity contribution in [2.45, 2.75) is 64.0 Å². The van der Waals surface area contributed by atoms with E-state index in [1.807, 2.05) is 0 Å². The predicted octanol–water partition coefficient (Wildman–Crippen LogP) is 3.84. The molecule has 0 amide bonds. The van der Waals surface area contributed by atoms with Crippen LogP contribution in [0.1, 0.15) is 51.0 Å². The summed E-state index contributed by atoms with van der Waals surface area (Å²) in [6.07, 6.45) is 7.01. The summed E-state index contributed by atoms with van der Waals surface area (Å²) >= 11 is 0. The number of anilines is 1. The second kappa shape index (κ2) is 6.92. The molecule has 0 aromatic heterocycles. The van der Waals surface area contributed by atoms with Gasteiger partial charge in [0.05, 0.1) is 5.60 Å². The molecule has 3 heteroatoms. The highest BCUT2D eigenvalue weighted by atomic mass is 16.3. The van der Waals surface area contributed by atoms with Crippen LogP contribution < -0.4 is 4.90 Å². The van der Waals surface area contributed by atoms with Gasteiger partial charge in [-0.3, -0.25) is 4.90 Å². The molecule has 0 bridgehead atoms. The second-order valence-electron chi connectivity index (χ2n) is 8.67. The first-order chi connectivity index (χ1) is 12.1. The third-order valence-corrected chi connectivity index (χ3v) is 7.39. The Kier molecular flexibility index (Phi) is 4.81. The van der Waals surface area contributed by atoms with E-state index in [4.69, 9.17) is 0 Å². The molecule has 138 valence electrons. The molecule has 25 heavy (non-hydrogen) atoms. The zero-order valence-electron chi connectivity index (χ0n) is 16.0. The van der Waals surface area contributed by atoms with Gasteiger partial charge in [-0.05, 0) is 56.6 Å². The summed E-state index contributed by atoms with van der Waals surface area (Å²) in [6, 6.07) is 9.49. The molecule has 0 unspecified atom stereocenters. The lowest BCUT2D eigenvalue weighted by Crippen LogP contribution is -2.46. The summed E-state index contributed by atoms with van der Waals surface area (Å²) in [7, 11) is 0. The molecule has 1 saturated carbocycles. The van der Waals surface area contributed by atoms with Crippen molar-refractivity contribution in [2.75, 3.05) is 31.1 Å². The lowest BCUT2D eigenvalue weighted by atomic mass is 9.69. The van der Waals surface area contributed by atoms with Crippen LogP contribution in [0.25, 0.3) is 0 Å². The molecule has 2 saturated heterocycles. The van der Waals surface area contributed by atoms with Crippen molar-refractivity contribution in [3.8, 4) is 0 Å². The number of nitrogens with zero attached hydrogens (tertiary/aromatic N) is 2. The summed E-state index contributed by atoms with van der Waals surface area (Å²) in [5.74, 6) is 1.24. The van der Waals surface area contributed by atoms with Crippen LogP contribution in [0.2, 0.25) is 0 Å². The Hall–Kier alpha value is -1.06. The Morgan fingerprint density at radius 2 is 1.88 bits per heavy atom. The minimum absolute atomic E-state index is 0.389. The number of fused-ring (bicyclic) bond motifs is 1. The van der Waals surface area contributed by atoms with Crippen molar-refractivity contribution in [1.29, 1.82) is 0 Å². The monoisotopic (exact) mass is 342 g/mol. The number of hydrogen-bond acceptors (Lipinski definition) is 3. The number of para-hydroxylation sites is 1. The Morgan fingerprint density at radius 3 is 2.60 bits per heavy atom. The number of benzene rings is 1. The largest absolute Gasteiger partial charge is 0.390 e. The maximum atomic E-state index is 11.1. The van der Waals surface area contributed by atoms with Crippen molar-refractivity contribution in [1.82, 2.24) is 4.90 Å². The van der Waals surface area contributed by atoms with Gasteiger partial charge in [-0.15, -0.1) is 0 Å². The van der Waals surface area contributed by atoms with Gasteiger partial charge in [0.25, 0.3) is 0 Å². The standard InChI is InChI=1S/C22H34N2O/c1-3-22(25)12-6-8-18-15-24(16-20(18)22)19-10-13-23(14-11-19)21-9-5-4-7-17(21)2/h4-5,7,9,18-20,25H,3,6,8,10-16H2,1-2H3/t18-,20+,22-/m0/s1. The second-order valence-corrected chi connectivity index (χ2v) is 8.67. The first-order valence-corrected chi connectivity index (χ1v) is 10.4. The minimum Gasteiger partial charge on any atom is -0.390 e. The van der Waals surface area contributed by atoms with E-state index in [0.29, 0.717) is 12.0 Å². The highest BCUT2D eigenvalue weighted by Crippen LogP contribution is 2.45. The first-order valence-electron chi connectivity index (χ1n) is 10.4. The maximum absolute atomic E-state index is 11.1. The summed E-state index contributed by atoms with van der Waals surface area (Å²) in [4.78, 5) is 5.30. The Morgan fingerprint density at radius 1 is 1.12 bits per heavy atom. The van der Waals surface area contributed by atoms with Crippen LogP contribution in [0.4, 0.5) is 5.69 Å². The molecule has 3 nitrogen and oxygen atoms in total. The van der Waals surface area contributed by atoms with Crippen molar-refractivity contribution in [3.05, 3.63) is 29.8 Å². The molecule has 1 aromatic carbocycles. The molecule has 4 rings (SSSR count). The van der Waals surface area contributed by atoms with E-state index in [9.17, 15) is 5.11 Å². The molecule has 2 aliphatic heterocycles. The summed E-state index contributed by atoms with van der Waals surface area (Å²) < 4.78 is 0. The third kappa shape index (κ3) is 3.21. The lowest BCUT2D eigenvalue weighted by molar-refractivity contribution is -0.0617. The number of hydrogen-bond donors (Lipinski definition) is 1. The van der Waals surface area contributed by atoms with Crippen LogP contribution in [0.5, 0.6) is 0 Å². The van der Waals surface area contributed by atoms with Gasteiger partial charge in [0.1, 0.15) is 0 Å². The molecule has 1 N–H and O–H groups in total. The Labute approximate surface area is 153 Å². The lowest BCUT2D eigenvalue weighted by Gasteiger charge is -2.41. The molecule has 3 aliphatic rings. The van der Waals surface area contributed by atoms with Gasteiger partial charge in [0.15, 0.2) is 0 Å². The number of likely N-dealkylation sites (tertiary alicyclic amines) is 1. The van der Waals surface area contributed by atoms with Crippen LogP contribution in [0.3, 0.4) is 0 Å². The van der Waals surface area contributed by atoms with E-state index in [-0.39, 0.29) is 5.60 Å². The van der Waals surface area contributed by atoms with E-state index in [0.717, 1.165) is 25.3 Å². The summed E-state index contributed by atoms with van der Waals surface area (Å²) in [5, 5.41) is 11.1. The Balaban J connectivity index is 1.38. The van der Waals surface area contributed by atoms with Crippen LogP contribution in [-0.4, -0.2) is 47.8 Å². The van der Waals surface area contributed by atoms with E-state index in [2.05, 4.69) is 47.9 Å². The van der Waals surface area contributed by atoms with Gasteiger partial charge < -0.3 is 10.0 Å². The molecule has 3 atom stereocenters. The van der Waals surface area contributed by atoms with E-state index in [1.54, 1.807) is 0 Å². The molecule has 3 fully saturated rings. The number of aliphatic hydroxyl groups is 1. The maximum Gasteiger partial charge on any atom is 0.0688 e. The molecule has 0 spiro atoms. The van der Waals surface area contributed by atoms with Crippen molar-refractivity contribution in [2.24, 2.45) is 11.8 Å². The van der Waals surface area contributed by atoms with Gasteiger partial charge in [0.2, 0.25) is 0 Å². The highest BCUT2D eigenvalue weighted by molar-refractivity contribution is 5.53. The van der Waals surface area contributed by atoms with Crippen molar-refractivity contribution >= 4 is 5.69 Å². The normalized spacial score (nSPS) is 34.3. The quantitative estimate of drug-likeness (QED) is 0.904. The molecule has 1 aliphatic carbocycles. The smallest absolute Gasteiger partial charge is 0.0688 e. The van der Waals surface area contributed by atoms with E-state index in [1.165, 1.54) is 56.6 Å². The number of piperidine rings is 1. The molecular weight excluding hydrogens is 308 g/mol. The SMILES string of the molecule is CC[C@]1(O)CCC[C@H]2CN(C3CCN(c4ccccc4C)CC3)C[C@H]21. The zero-order valence-corrected chi connectivity index (χ0v) is 16.0. The van der Waals surface area contributed by atoms with Gasteiger partial charge >= 0.3 is 0 Å². The minimum atomic E-state index is -0.389. The number of rotatable bonds is 3. The highest BCUT2D eigenvalue weighted by Gasteiger charge is 2.48. The molecular formula is C22H34N2O. The summed E-state index contributed by atoms with van der Waals surface area (Å²) in [5.41, 5.74) is 2.41. The number of aryl methyl sites for hydroxylation is 1. The Bertz CT molecular complexity index is 595. The molecule has 1 aromatic rings. The van der Waals surface area contributed by atoms with Crippen molar-refractivity contribution < 1.29 is 5.11 Å². The predicted molar refractivity (Wildman–Crippen MR) is 104 cm³/mol. The molecule has 0 radical (unpaired) electrons. The average molecular weight is 343 g/mol. The topological polar surface area (TPSA) is 26.7 Å². The van der Waals surface area contributed by atoms with Gasteiger partial charge in [-0.2, -0.15) is 0 Å². The van der Waals surface area contributed by atoms with Crippen LogP contribution in [0, 0.1) is 18.8 Å². The van der Waals surface area contributed by atoms with Crippen LogP contribution in [-0.2, 0) is 0 Å². The zero-order chi connectivity index (χ0) is 17.4. The third-order valence-electron chi connectivity index (χ3n) is 7.39. The van der Waals surface area contributed by atoms with E-state index < -0.39 is 0 Å². The van der Waals surface area contributed by atoms with Gasteiger partial charge in [-0.1, -0.05) is 31.5 Å². The average Bonchev–Trinajstić information content (AvgIpc) is 3.08. The van der Waals surface area contributed by atoms with Crippen LogP contribution in [0.15, 0.2) is 24.3 Å². The van der Waals surface area contributed by atoms with Gasteiger partial charge in [0, 0.05) is 43.8 Å². The fourth-order valence-electron chi connectivity index (χ4n) is 5.79. The van der Waals surface area contributed by atoms with Gasteiger partial charge in [-0.25, -0.2) is 0 Å². The fraction of sp³-hybridized carbons (Fsp3) is 0.727.